The molecule has 0 radical (unpaired) electrons. The lowest BCUT2D eigenvalue weighted by Crippen LogP contribution is -2.24. The highest BCUT2D eigenvalue weighted by molar-refractivity contribution is 7.09. The van der Waals surface area contributed by atoms with Crippen LogP contribution in [0.25, 0.3) is 0 Å². The van der Waals surface area contributed by atoms with Crippen LogP contribution in [0.1, 0.15) is 31.1 Å². The zero-order chi connectivity index (χ0) is 11.2. The summed E-state index contributed by atoms with van der Waals surface area (Å²) in [6.07, 6.45) is 4.66. The first-order valence-electron chi connectivity index (χ1n) is 6.10. The molecule has 2 rings (SSSR count). The third-order valence-electron chi connectivity index (χ3n) is 2.83. The van der Waals surface area contributed by atoms with Gasteiger partial charge in [-0.15, -0.1) is 11.3 Å². The zero-order valence-electron chi connectivity index (χ0n) is 9.85. The van der Waals surface area contributed by atoms with Crippen molar-refractivity contribution in [3.8, 4) is 0 Å². The fraction of sp³-hybridized carbons (Fsp3) is 0.692. The molecule has 1 unspecified atom stereocenters. The van der Waals surface area contributed by atoms with Crippen molar-refractivity contribution in [3.05, 3.63) is 22.4 Å². The van der Waals surface area contributed by atoms with Crippen molar-refractivity contribution in [2.45, 2.75) is 38.9 Å². The number of hydrogen-bond donors (Lipinski definition) is 0. The van der Waals surface area contributed by atoms with Crippen LogP contribution in [-0.2, 0) is 15.9 Å². The molecule has 0 saturated carbocycles. The van der Waals surface area contributed by atoms with Crippen molar-refractivity contribution in [2.24, 2.45) is 5.92 Å². The second kappa shape index (κ2) is 6.38. The topological polar surface area (TPSA) is 18.5 Å². The number of ether oxygens (including phenoxy) is 2. The van der Waals surface area contributed by atoms with Crippen LogP contribution < -0.4 is 0 Å². The van der Waals surface area contributed by atoms with Crippen LogP contribution in [0.5, 0.6) is 0 Å². The van der Waals surface area contributed by atoms with Crippen LogP contribution in [0.4, 0.5) is 0 Å². The normalized spacial score (nSPS) is 23.2. The first kappa shape index (κ1) is 12.1. The fourth-order valence-corrected chi connectivity index (χ4v) is 2.82. The van der Waals surface area contributed by atoms with Crippen molar-refractivity contribution in [2.75, 3.05) is 13.2 Å². The highest BCUT2D eigenvalue weighted by atomic mass is 32.1. The average Bonchev–Trinajstić information content (AvgIpc) is 2.81. The Kier molecular flexibility index (Phi) is 4.82. The Morgan fingerprint density at radius 1 is 1.56 bits per heavy atom. The van der Waals surface area contributed by atoms with E-state index < -0.39 is 0 Å². The highest BCUT2D eigenvalue weighted by Crippen LogP contribution is 2.17. The fourth-order valence-electron chi connectivity index (χ4n) is 1.95. The van der Waals surface area contributed by atoms with Gasteiger partial charge in [0.1, 0.15) is 0 Å². The van der Waals surface area contributed by atoms with E-state index in [0.717, 1.165) is 26.1 Å². The summed E-state index contributed by atoms with van der Waals surface area (Å²) in [6.45, 7) is 3.91. The molecule has 0 aliphatic carbocycles. The SMILES string of the molecule is C[C@H](COC1CCCCO1)Cc1cccs1. The van der Waals surface area contributed by atoms with Gasteiger partial charge in [-0.25, -0.2) is 0 Å². The second-order valence-electron chi connectivity index (χ2n) is 4.52. The summed E-state index contributed by atoms with van der Waals surface area (Å²) in [7, 11) is 0. The Morgan fingerprint density at radius 3 is 3.19 bits per heavy atom. The van der Waals surface area contributed by atoms with Gasteiger partial charge >= 0.3 is 0 Å². The summed E-state index contributed by atoms with van der Waals surface area (Å²) in [5, 5.41) is 2.13. The molecule has 2 heterocycles. The molecule has 0 amide bonds. The summed E-state index contributed by atoms with van der Waals surface area (Å²) in [6, 6.07) is 4.30. The Bertz CT molecular complexity index is 278. The molecule has 1 fully saturated rings. The Hall–Kier alpha value is -0.380. The van der Waals surface area contributed by atoms with Crippen molar-refractivity contribution in [1.82, 2.24) is 0 Å². The third kappa shape index (κ3) is 3.89. The molecule has 0 N–H and O–H groups in total. The average molecular weight is 240 g/mol. The van der Waals surface area contributed by atoms with Crippen LogP contribution in [-0.4, -0.2) is 19.5 Å². The summed E-state index contributed by atoms with van der Waals surface area (Å²) in [4.78, 5) is 1.45. The summed E-state index contributed by atoms with van der Waals surface area (Å²) >= 11 is 1.83. The Balaban J connectivity index is 1.65. The highest BCUT2D eigenvalue weighted by Gasteiger charge is 2.15. The summed E-state index contributed by atoms with van der Waals surface area (Å²) in [5.74, 6) is 0.573. The molecule has 2 nitrogen and oxygen atoms in total. The summed E-state index contributed by atoms with van der Waals surface area (Å²) < 4.78 is 11.3. The maximum Gasteiger partial charge on any atom is 0.157 e. The van der Waals surface area contributed by atoms with Crippen LogP contribution >= 0.6 is 11.3 Å². The van der Waals surface area contributed by atoms with Crippen molar-refractivity contribution < 1.29 is 9.47 Å². The monoisotopic (exact) mass is 240 g/mol. The number of rotatable bonds is 5. The van der Waals surface area contributed by atoms with Gasteiger partial charge in [-0.2, -0.15) is 0 Å². The van der Waals surface area contributed by atoms with Gasteiger partial charge < -0.3 is 9.47 Å². The van der Waals surface area contributed by atoms with E-state index in [9.17, 15) is 0 Å². The molecule has 1 saturated heterocycles. The van der Waals surface area contributed by atoms with E-state index in [4.69, 9.17) is 9.47 Å². The van der Waals surface area contributed by atoms with Gasteiger partial charge in [-0.1, -0.05) is 13.0 Å². The minimum Gasteiger partial charge on any atom is -0.353 e. The van der Waals surface area contributed by atoms with E-state index in [2.05, 4.69) is 24.4 Å². The van der Waals surface area contributed by atoms with Crippen LogP contribution in [0.15, 0.2) is 17.5 Å². The first-order chi connectivity index (χ1) is 7.84. The van der Waals surface area contributed by atoms with Gasteiger partial charge in [0.05, 0.1) is 6.61 Å². The third-order valence-corrected chi connectivity index (χ3v) is 3.73. The van der Waals surface area contributed by atoms with Crippen LogP contribution in [0.2, 0.25) is 0 Å². The van der Waals surface area contributed by atoms with Crippen LogP contribution in [0.3, 0.4) is 0 Å². The van der Waals surface area contributed by atoms with E-state index in [1.165, 1.54) is 17.7 Å². The van der Waals surface area contributed by atoms with E-state index in [0.29, 0.717) is 5.92 Å². The smallest absolute Gasteiger partial charge is 0.157 e. The van der Waals surface area contributed by atoms with Crippen LogP contribution in [0, 0.1) is 5.92 Å². The zero-order valence-corrected chi connectivity index (χ0v) is 10.7. The van der Waals surface area contributed by atoms with Crippen molar-refractivity contribution >= 4 is 11.3 Å². The van der Waals surface area contributed by atoms with E-state index in [1.807, 2.05) is 11.3 Å². The predicted molar refractivity (Wildman–Crippen MR) is 66.7 cm³/mol. The number of thiophene rings is 1. The first-order valence-corrected chi connectivity index (χ1v) is 6.98. The van der Waals surface area contributed by atoms with E-state index in [-0.39, 0.29) is 6.29 Å². The molecule has 0 aromatic carbocycles. The molecule has 0 bridgehead atoms. The van der Waals surface area contributed by atoms with Gasteiger partial charge in [0.25, 0.3) is 0 Å². The van der Waals surface area contributed by atoms with E-state index >= 15 is 0 Å². The number of hydrogen-bond acceptors (Lipinski definition) is 3. The van der Waals surface area contributed by atoms with Gasteiger partial charge in [-0.05, 0) is 43.0 Å². The van der Waals surface area contributed by atoms with E-state index in [1.54, 1.807) is 0 Å². The minimum absolute atomic E-state index is 0.0551. The van der Waals surface area contributed by atoms with Gasteiger partial charge in [-0.3, -0.25) is 0 Å². The van der Waals surface area contributed by atoms with Crippen molar-refractivity contribution in [3.63, 3.8) is 0 Å². The maximum absolute atomic E-state index is 5.78. The molecule has 2 atom stereocenters. The van der Waals surface area contributed by atoms with Gasteiger partial charge in [0, 0.05) is 11.5 Å². The quantitative estimate of drug-likeness (QED) is 0.784. The largest absolute Gasteiger partial charge is 0.353 e. The standard InChI is InChI=1S/C13H20O2S/c1-11(9-12-5-4-8-16-12)10-15-13-6-2-3-7-14-13/h4-5,8,11,13H,2-3,6-7,9-10H2,1H3/t11-,13?/m0/s1. The lowest BCUT2D eigenvalue weighted by Gasteiger charge is -2.24. The summed E-state index contributed by atoms with van der Waals surface area (Å²) in [5.41, 5.74) is 0. The molecule has 0 spiro atoms. The molecule has 1 aliphatic rings. The second-order valence-corrected chi connectivity index (χ2v) is 5.55. The minimum atomic E-state index is 0.0551. The van der Waals surface area contributed by atoms with Gasteiger partial charge in [0.15, 0.2) is 6.29 Å². The lowest BCUT2D eigenvalue weighted by molar-refractivity contribution is -0.168. The maximum atomic E-state index is 5.78. The molecule has 90 valence electrons. The molecule has 3 heteroatoms. The van der Waals surface area contributed by atoms with Crippen molar-refractivity contribution in [1.29, 1.82) is 0 Å². The molecular formula is C13H20O2S. The predicted octanol–water partition coefficient (Wildman–Crippen LogP) is 3.47. The molecular weight excluding hydrogens is 220 g/mol. The Labute approximate surface area is 102 Å². The molecule has 1 aromatic heterocycles. The molecule has 1 aliphatic heterocycles. The van der Waals surface area contributed by atoms with Gasteiger partial charge in [0.2, 0.25) is 0 Å². The molecule has 1 aromatic rings. The Morgan fingerprint density at radius 2 is 2.50 bits per heavy atom. The molecule has 16 heavy (non-hydrogen) atoms. The lowest BCUT2D eigenvalue weighted by atomic mass is 10.1.